The molecule has 8 nitrogen and oxygen atoms in total. The summed E-state index contributed by atoms with van der Waals surface area (Å²) in [4.78, 5) is 20.0. The monoisotopic (exact) mass is 415 g/mol. The molecule has 8 heteroatoms. The van der Waals surface area contributed by atoms with E-state index in [1.807, 2.05) is 34.8 Å². The molecule has 0 saturated carbocycles. The van der Waals surface area contributed by atoms with Crippen molar-refractivity contribution in [2.75, 3.05) is 67.1 Å². The summed E-state index contributed by atoms with van der Waals surface area (Å²) in [5.74, 6) is 0.746. The van der Waals surface area contributed by atoms with Crippen molar-refractivity contribution in [1.82, 2.24) is 24.5 Å². The van der Waals surface area contributed by atoms with Crippen LogP contribution in [0.15, 0.2) is 18.2 Å². The first-order chi connectivity index (χ1) is 14.6. The van der Waals surface area contributed by atoms with Gasteiger partial charge in [0, 0.05) is 38.1 Å². The van der Waals surface area contributed by atoms with Crippen molar-refractivity contribution in [3.63, 3.8) is 0 Å². The van der Waals surface area contributed by atoms with Gasteiger partial charge in [0.15, 0.2) is 5.69 Å². The molecule has 0 radical (unpaired) electrons. The minimum absolute atomic E-state index is 0.00655. The van der Waals surface area contributed by atoms with Gasteiger partial charge in [-0.25, -0.2) is 0 Å². The summed E-state index contributed by atoms with van der Waals surface area (Å²) in [5.41, 5.74) is 1.42. The van der Waals surface area contributed by atoms with Crippen LogP contribution in [0.3, 0.4) is 0 Å². The zero-order valence-electron chi connectivity index (χ0n) is 18.3. The highest BCUT2D eigenvalue weighted by Crippen LogP contribution is 2.29. The molecule has 2 aliphatic rings. The Kier molecular flexibility index (Phi) is 6.55. The third-order valence-electron chi connectivity index (χ3n) is 6.44. The zero-order chi connectivity index (χ0) is 21.1. The molecule has 4 rings (SSSR count). The number of carbonyl (C=O) groups excluding carboxylic acids is 1. The molecule has 2 aliphatic heterocycles. The number of hydrogen-bond donors (Lipinski definition) is 0. The molecule has 30 heavy (non-hydrogen) atoms. The van der Waals surface area contributed by atoms with Gasteiger partial charge in [0.05, 0.1) is 26.9 Å². The molecule has 1 amide bonds. The molecular weight excluding hydrogens is 382 g/mol. The van der Waals surface area contributed by atoms with Crippen LogP contribution in [0, 0.1) is 0 Å². The maximum absolute atomic E-state index is 13.4. The summed E-state index contributed by atoms with van der Waals surface area (Å²) in [6.45, 7) is 7.03. The van der Waals surface area contributed by atoms with E-state index in [9.17, 15) is 4.79 Å². The lowest BCUT2D eigenvalue weighted by Crippen LogP contribution is -2.44. The number of fused-ring (bicyclic) bond motifs is 1. The minimum atomic E-state index is -0.00655. The van der Waals surface area contributed by atoms with Crippen LogP contribution in [0.5, 0.6) is 5.75 Å². The minimum Gasteiger partial charge on any atom is -0.494 e. The number of carbonyl (C=O) groups is 1. The maximum atomic E-state index is 13.4. The Morgan fingerprint density at radius 1 is 1.20 bits per heavy atom. The van der Waals surface area contributed by atoms with Gasteiger partial charge in [0.1, 0.15) is 11.3 Å². The van der Waals surface area contributed by atoms with Crippen LogP contribution in [0.1, 0.15) is 23.3 Å². The van der Waals surface area contributed by atoms with E-state index in [0.29, 0.717) is 12.2 Å². The summed E-state index contributed by atoms with van der Waals surface area (Å²) in [6.07, 6.45) is 2.00. The first-order valence-corrected chi connectivity index (χ1v) is 10.9. The lowest BCUT2D eigenvalue weighted by molar-refractivity contribution is 0.0361. The predicted octanol–water partition coefficient (Wildman–Crippen LogP) is 1.54. The smallest absolute Gasteiger partial charge is 0.274 e. The topological polar surface area (TPSA) is 63.1 Å². The average Bonchev–Trinajstić information content (AvgIpc) is 3.17. The van der Waals surface area contributed by atoms with E-state index in [-0.39, 0.29) is 11.9 Å². The number of benzene rings is 1. The number of ether oxygens (including phenoxy) is 2. The number of likely N-dealkylation sites (tertiary alicyclic amines) is 1. The second-order valence-corrected chi connectivity index (χ2v) is 8.33. The molecule has 0 N–H and O–H groups in total. The van der Waals surface area contributed by atoms with E-state index in [0.717, 1.165) is 75.4 Å². The Balaban J connectivity index is 1.60. The lowest BCUT2D eigenvalue weighted by Gasteiger charge is -2.34. The lowest BCUT2D eigenvalue weighted by atomic mass is 10.0. The van der Waals surface area contributed by atoms with E-state index in [4.69, 9.17) is 14.6 Å². The number of morpholine rings is 1. The Hall–Kier alpha value is -2.16. The van der Waals surface area contributed by atoms with Gasteiger partial charge in [-0.15, -0.1) is 0 Å². The van der Waals surface area contributed by atoms with Gasteiger partial charge >= 0.3 is 0 Å². The third kappa shape index (κ3) is 4.31. The number of hydrogen-bond acceptors (Lipinski definition) is 6. The average molecular weight is 416 g/mol. The fourth-order valence-corrected chi connectivity index (χ4v) is 4.46. The summed E-state index contributed by atoms with van der Waals surface area (Å²) in [6, 6.07) is 6.10. The molecule has 2 aromatic rings. The first-order valence-electron chi connectivity index (χ1n) is 10.9. The molecule has 0 atom stereocenters. The van der Waals surface area contributed by atoms with Crippen molar-refractivity contribution in [3.8, 4) is 5.75 Å². The molecular formula is C22H33N5O3. The van der Waals surface area contributed by atoms with Crippen molar-refractivity contribution >= 4 is 16.8 Å². The Morgan fingerprint density at radius 3 is 2.63 bits per heavy atom. The largest absolute Gasteiger partial charge is 0.494 e. The van der Waals surface area contributed by atoms with E-state index >= 15 is 0 Å². The van der Waals surface area contributed by atoms with Crippen molar-refractivity contribution in [3.05, 3.63) is 23.9 Å². The van der Waals surface area contributed by atoms with Gasteiger partial charge in [-0.05, 0) is 39.0 Å². The highest BCUT2D eigenvalue weighted by molar-refractivity contribution is 6.06. The number of amides is 1. The van der Waals surface area contributed by atoms with Crippen LogP contribution in [-0.2, 0) is 11.3 Å². The standard InChI is InChI=1S/C22H33N5O3/c1-24-9-7-17(8-10-24)25(2)22(28)20-18-5-4-6-19(29-3)21(18)27(23-20)12-11-26-13-15-30-16-14-26/h4-6,17H,7-16H2,1-3H3. The van der Waals surface area contributed by atoms with E-state index in [2.05, 4.69) is 16.8 Å². The molecule has 1 aromatic heterocycles. The fourth-order valence-electron chi connectivity index (χ4n) is 4.46. The number of aromatic nitrogens is 2. The molecule has 3 heterocycles. The number of nitrogens with zero attached hydrogens (tertiary/aromatic N) is 5. The molecule has 0 unspecified atom stereocenters. The maximum Gasteiger partial charge on any atom is 0.274 e. The fraction of sp³-hybridized carbons (Fsp3) is 0.636. The van der Waals surface area contributed by atoms with Gasteiger partial charge in [0.25, 0.3) is 5.91 Å². The Bertz CT molecular complexity index is 869. The van der Waals surface area contributed by atoms with Crippen LogP contribution in [-0.4, -0.2) is 104 Å². The van der Waals surface area contributed by atoms with Crippen molar-refractivity contribution in [2.45, 2.75) is 25.4 Å². The van der Waals surface area contributed by atoms with Gasteiger partial charge in [0.2, 0.25) is 0 Å². The van der Waals surface area contributed by atoms with Crippen LogP contribution < -0.4 is 4.74 Å². The summed E-state index contributed by atoms with van der Waals surface area (Å²) in [5, 5.41) is 5.65. The van der Waals surface area contributed by atoms with Crippen LogP contribution >= 0.6 is 0 Å². The van der Waals surface area contributed by atoms with Gasteiger partial charge in [-0.2, -0.15) is 5.10 Å². The second-order valence-electron chi connectivity index (χ2n) is 8.33. The second kappa shape index (κ2) is 9.32. The Labute approximate surface area is 178 Å². The quantitative estimate of drug-likeness (QED) is 0.713. The number of methoxy groups -OCH3 is 1. The molecule has 2 saturated heterocycles. The van der Waals surface area contributed by atoms with E-state index < -0.39 is 0 Å². The molecule has 0 bridgehead atoms. The number of rotatable bonds is 6. The summed E-state index contributed by atoms with van der Waals surface area (Å²) >= 11 is 0. The highest BCUT2D eigenvalue weighted by atomic mass is 16.5. The number of para-hydroxylation sites is 1. The van der Waals surface area contributed by atoms with Crippen molar-refractivity contribution < 1.29 is 14.3 Å². The molecule has 1 aromatic carbocycles. The van der Waals surface area contributed by atoms with Crippen molar-refractivity contribution in [1.29, 1.82) is 0 Å². The zero-order valence-corrected chi connectivity index (χ0v) is 18.3. The van der Waals surface area contributed by atoms with E-state index in [1.54, 1.807) is 7.11 Å². The first kappa shape index (κ1) is 21.1. The van der Waals surface area contributed by atoms with Crippen LogP contribution in [0.4, 0.5) is 0 Å². The van der Waals surface area contributed by atoms with Crippen molar-refractivity contribution in [2.24, 2.45) is 0 Å². The van der Waals surface area contributed by atoms with Gasteiger partial charge < -0.3 is 19.3 Å². The highest BCUT2D eigenvalue weighted by Gasteiger charge is 2.28. The van der Waals surface area contributed by atoms with Crippen LogP contribution in [0.25, 0.3) is 10.9 Å². The van der Waals surface area contributed by atoms with Gasteiger partial charge in [-0.1, -0.05) is 12.1 Å². The van der Waals surface area contributed by atoms with E-state index in [1.165, 1.54) is 0 Å². The van der Waals surface area contributed by atoms with Crippen LogP contribution in [0.2, 0.25) is 0 Å². The molecule has 2 fully saturated rings. The number of piperidine rings is 1. The SMILES string of the molecule is COc1cccc2c(C(=O)N(C)C3CCN(C)CC3)nn(CCN3CCOCC3)c12. The summed E-state index contributed by atoms with van der Waals surface area (Å²) in [7, 11) is 5.71. The summed E-state index contributed by atoms with van der Waals surface area (Å²) < 4.78 is 13.0. The molecule has 0 aliphatic carbocycles. The molecule has 164 valence electrons. The normalized spacial score (nSPS) is 19.3. The van der Waals surface area contributed by atoms with Gasteiger partial charge in [-0.3, -0.25) is 14.4 Å². The molecule has 0 spiro atoms. The Morgan fingerprint density at radius 2 is 1.93 bits per heavy atom. The third-order valence-corrected chi connectivity index (χ3v) is 6.44. The predicted molar refractivity (Wildman–Crippen MR) is 116 cm³/mol.